The number of hydrogen-bond acceptors (Lipinski definition) is 2. The van der Waals surface area contributed by atoms with Gasteiger partial charge in [-0.05, 0) is 0 Å². The summed E-state index contributed by atoms with van der Waals surface area (Å²) < 4.78 is 4.40. The molecule has 0 radical (unpaired) electrons. The summed E-state index contributed by atoms with van der Waals surface area (Å²) >= 11 is 10.2. The monoisotopic (exact) mass is 144 g/mol. The van der Waals surface area contributed by atoms with Gasteiger partial charge >= 0.3 is 0 Å². The van der Waals surface area contributed by atoms with Gasteiger partial charge in [-0.3, -0.25) is 0 Å². The second-order valence-corrected chi connectivity index (χ2v) is 1.84. The number of rotatable bonds is 2. The van der Waals surface area contributed by atoms with Gasteiger partial charge in [-0.25, -0.2) is 0 Å². The first-order valence-corrected chi connectivity index (χ1v) is 2.54. The lowest BCUT2D eigenvalue weighted by atomic mass is 10.8. The topological polar surface area (TPSA) is 29.5 Å². The Bertz CT molecular complexity index is 48.2. The summed E-state index contributed by atoms with van der Waals surface area (Å²) in [4.78, 5) is 0. The summed E-state index contributed by atoms with van der Waals surface area (Å²) in [6.45, 7) is 0. The van der Waals surface area contributed by atoms with E-state index in [0.717, 1.165) is 0 Å². The van der Waals surface area contributed by atoms with Crippen molar-refractivity contribution in [3.63, 3.8) is 0 Å². The van der Waals surface area contributed by atoms with Crippen molar-refractivity contribution in [2.24, 2.45) is 0 Å². The Morgan fingerprint density at radius 1 is 1.57 bits per heavy atom. The third-order valence-electron chi connectivity index (χ3n) is 0.441. The van der Waals surface area contributed by atoms with Crippen molar-refractivity contribution >= 4 is 23.2 Å². The van der Waals surface area contributed by atoms with E-state index in [-0.39, 0.29) is 0 Å². The van der Waals surface area contributed by atoms with E-state index in [9.17, 15) is 0 Å². The maximum Gasteiger partial charge on any atom is 0.170 e. The lowest BCUT2D eigenvalue weighted by Crippen LogP contribution is -2.15. The summed E-state index contributed by atoms with van der Waals surface area (Å²) in [6, 6.07) is 0. The van der Waals surface area contributed by atoms with E-state index in [1.807, 2.05) is 0 Å². The van der Waals surface area contributed by atoms with Crippen LogP contribution >= 0.6 is 23.2 Å². The molecule has 0 heterocycles. The van der Waals surface area contributed by atoms with Crippen LogP contribution in [0.25, 0.3) is 0 Å². The molecular formula is C3H6Cl2O2. The molecule has 0 rings (SSSR count). The van der Waals surface area contributed by atoms with Crippen LogP contribution in [0.1, 0.15) is 0 Å². The molecule has 2 unspecified atom stereocenters. The van der Waals surface area contributed by atoms with Crippen molar-refractivity contribution in [1.82, 2.24) is 0 Å². The zero-order valence-corrected chi connectivity index (χ0v) is 5.28. The van der Waals surface area contributed by atoms with Gasteiger partial charge in [0.05, 0.1) is 0 Å². The van der Waals surface area contributed by atoms with Crippen LogP contribution in [0.4, 0.5) is 0 Å². The zero-order chi connectivity index (χ0) is 5.86. The molecule has 0 bridgehead atoms. The molecule has 0 saturated carbocycles. The number of alkyl halides is 2. The van der Waals surface area contributed by atoms with Crippen molar-refractivity contribution in [1.29, 1.82) is 0 Å². The number of aliphatic hydroxyl groups excluding tert-OH is 1. The Kier molecular flexibility index (Phi) is 3.75. The fourth-order valence-corrected chi connectivity index (χ4v) is 0.215. The number of aliphatic hydroxyl groups is 1. The molecule has 2 atom stereocenters. The highest BCUT2D eigenvalue weighted by Crippen LogP contribution is 2.05. The number of ether oxygens (including phenoxy) is 1. The Labute approximate surface area is 52.0 Å². The molecule has 0 aliphatic heterocycles. The van der Waals surface area contributed by atoms with Gasteiger partial charge in [-0.1, -0.05) is 23.2 Å². The minimum Gasteiger partial charge on any atom is -0.374 e. The first kappa shape index (κ1) is 7.50. The molecule has 4 heteroatoms. The van der Waals surface area contributed by atoms with Crippen LogP contribution in [-0.2, 0) is 4.74 Å². The van der Waals surface area contributed by atoms with E-state index in [0.29, 0.717) is 0 Å². The third kappa shape index (κ3) is 3.12. The Morgan fingerprint density at radius 3 is 2.00 bits per heavy atom. The number of hydrogen-bond donors (Lipinski definition) is 1. The average Bonchev–Trinajstić information content (AvgIpc) is 1.65. The molecule has 0 fully saturated rings. The van der Waals surface area contributed by atoms with Gasteiger partial charge in [-0.15, -0.1) is 0 Å². The second kappa shape index (κ2) is 3.50. The van der Waals surface area contributed by atoms with Crippen molar-refractivity contribution in [2.75, 3.05) is 7.11 Å². The van der Waals surface area contributed by atoms with E-state index >= 15 is 0 Å². The fraction of sp³-hybridized carbons (Fsp3) is 1.00. The fourth-order valence-electron chi connectivity index (χ4n) is 0.112. The standard InChI is InChI=1S/C3H6Cl2O2/c1-7-3(5)2(4)6/h2-3,6H,1H3. The number of halogens is 2. The van der Waals surface area contributed by atoms with Crippen molar-refractivity contribution in [3.8, 4) is 0 Å². The van der Waals surface area contributed by atoms with Crippen LogP contribution in [0.15, 0.2) is 0 Å². The minimum absolute atomic E-state index is 0.804. The summed E-state index contributed by atoms with van der Waals surface area (Å²) in [5, 5.41) is 8.33. The average molecular weight is 145 g/mol. The van der Waals surface area contributed by atoms with E-state index in [1.54, 1.807) is 0 Å². The van der Waals surface area contributed by atoms with Crippen LogP contribution in [0, 0.1) is 0 Å². The molecule has 2 nitrogen and oxygen atoms in total. The molecule has 0 aliphatic carbocycles. The third-order valence-corrected chi connectivity index (χ3v) is 1.22. The van der Waals surface area contributed by atoms with Crippen molar-refractivity contribution in [2.45, 2.75) is 11.1 Å². The van der Waals surface area contributed by atoms with Crippen molar-refractivity contribution < 1.29 is 9.84 Å². The van der Waals surface area contributed by atoms with Gasteiger partial charge in [0.1, 0.15) is 0 Å². The molecule has 44 valence electrons. The Morgan fingerprint density at radius 2 is 2.00 bits per heavy atom. The van der Waals surface area contributed by atoms with Gasteiger partial charge in [0.25, 0.3) is 0 Å². The second-order valence-electron chi connectivity index (χ2n) is 0.960. The molecule has 0 amide bonds. The van der Waals surface area contributed by atoms with E-state index in [2.05, 4.69) is 4.74 Å². The smallest absolute Gasteiger partial charge is 0.170 e. The number of methoxy groups -OCH3 is 1. The molecule has 0 spiro atoms. The van der Waals surface area contributed by atoms with E-state index in [1.165, 1.54) is 7.11 Å². The highest BCUT2D eigenvalue weighted by Gasteiger charge is 2.09. The minimum atomic E-state index is -1.12. The molecule has 1 N–H and O–H groups in total. The highest BCUT2D eigenvalue weighted by molar-refractivity contribution is 6.28. The summed E-state index contributed by atoms with van der Waals surface area (Å²) in [7, 11) is 1.36. The van der Waals surface area contributed by atoms with Gasteiger partial charge in [0.15, 0.2) is 11.1 Å². The largest absolute Gasteiger partial charge is 0.374 e. The SMILES string of the molecule is COC(Cl)C(O)Cl. The van der Waals surface area contributed by atoms with Crippen molar-refractivity contribution in [3.05, 3.63) is 0 Å². The maximum absolute atomic E-state index is 8.33. The highest BCUT2D eigenvalue weighted by atomic mass is 35.5. The predicted octanol–water partition coefficient (Wildman–Crippen LogP) is 0.755. The summed E-state index contributed by atoms with van der Waals surface area (Å²) in [5.41, 5.74) is -1.92. The van der Waals surface area contributed by atoms with E-state index < -0.39 is 11.1 Å². The van der Waals surface area contributed by atoms with E-state index in [4.69, 9.17) is 28.3 Å². The Hall–Kier alpha value is 0.500. The van der Waals surface area contributed by atoms with Crippen LogP contribution in [-0.4, -0.2) is 23.3 Å². The van der Waals surface area contributed by atoms with Gasteiger partial charge in [-0.2, -0.15) is 0 Å². The molecule has 7 heavy (non-hydrogen) atoms. The van der Waals surface area contributed by atoms with Gasteiger partial charge < -0.3 is 9.84 Å². The Balaban J connectivity index is 3.14. The first-order chi connectivity index (χ1) is 3.18. The van der Waals surface area contributed by atoms with Crippen LogP contribution in [0.5, 0.6) is 0 Å². The normalized spacial score (nSPS) is 18.9. The maximum atomic E-state index is 8.33. The van der Waals surface area contributed by atoms with Gasteiger partial charge in [0, 0.05) is 7.11 Å². The molecule has 0 aromatic heterocycles. The zero-order valence-electron chi connectivity index (χ0n) is 3.77. The molecule has 0 aliphatic rings. The summed E-state index contributed by atoms with van der Waals surface area (Å²) in [6.07, 6.45) is 0. The lowest BCUT2D eigenvalue weighted by molar-refractivity contribution is 0.0823. The molecule has 0 aromatic rings. The predicted molar refractivity (Wildman–Crippen MR) is 28.5 cm³/mol. The molecule has 0 aromatic carbocycles. The van der Waals surface area contributed by atoms with Crippen LogP contribution < -0.4 is 0 Å². The quantitative estimate of drug-likeness (QED) is 0.581. The van der Waals surface area contributed by atoms with Crippen LogP contribution in [0.2, 0.25) is 0 Å². The molecular weight excluding hydrogens is 139 g/mol. The van der Waals surface area contributed by atoms with Gasteiger partial charge in [0.2, 0.25) is 0 Å². The first-order valence-electron chi connectivity index (χ1n) is 1.67. The molecule has 0 saturated heterocycles. The lowest BCUT2D eigenvalue weighted by Gasteiger charge is -2.05. The van der Waals surface area contributed by atoms with Crippen LogP contribution in [0.3, 0.4) is 0 Å². The summed E-state index contributed by atoms with van der Waals surface area (Å²) in [5.74, 6) is 0.